The number of carbonyl (C=O) groups is 4. The van der Waals surface area contributed by atoms with Crippen LogP contribution in [0.5, 0.6) is 0 Å². The maximum atomic E-state index is 12.3. The Balaban J connectivity index is 4.30. The van der Waals surface area contributed by atoms with Crippen LogP contribution in [-0.4, -0.2) is 80.0 Å². The number of aliphatic hydroxyl groups excluding tert-OH is 1. The fourth-order valence-electron chi connectivity index (χ4n) is 2.31. The Hall–Kier alpha value is -2.08. The molecule has 0 heterocycles. The van der Waals surface area contributed by atoms with Crippen LogP contribution in [0.1, 0.15) is 32.6 Å². The summed E-state index contributed by atoms with van der Waals surface area (Å²) < 4.78 is 0. The SMILES string of the molecule is C[C@@H](C=O)NC(=O)CNC(=O)[C@H](CCCCNC[C@@H](O)CCN)NC(=O)CN. The number of hydrogen-bond donors (Lipinski definition) is 7. The fourth-order valence-corrected chi connectivity index (χ4v) is 2.31. The molecule has 0 aliphatic rings. The Morgan fingerprint density at radius 1 is 1.07 bits per heavy atom. The minimum Gasteiger partial charge on any atom is -0.392 e. The fraction of sp³-hybridized carbons (Fsp3) is 0.765. The van der Waals surface area contributed by atoms with E-state index >= 15 is 0 Å². The van der Waals surface area contributed by atoms with Gasteiger partial charge in [-0.3, -0.25) is 14.4 Å². The van der Waals surface area contributed by atoms with E-state index in [-0.39, 0.29) is 13.1 Å². The number of carbonyl (C=O) groups excluding carboxylic acids is 4. The molecule has 0 fully saturated rings. The predicted octanol–water partition coefficient (Wildman–Crippen LogP) is -3.28. The standard InChI is InChI=1S/C17H34N6O5/c1-12(11-24)22-16(27)10-21-17(28)14(23-15(26)8-19)4-2-3-7-20-9-13(25)5-6-18/h11-14,20,25H,2-10,18-19H2,1H3,(H,21,28)(H,22,27)(H,23,26)/t12-,13-,14-/m0/s1. The van der Waals surface area contributed by atoms with Crippen molar-refractivity contribution in [2.45, 2.75) is 50.8 Å². The molecule has 9 N–H and O–H groups in total. The van der Waals surface area contributed by atoms with E-state index in [1.165, 1.54) is 6.92 Å². The summed E-state index contributed by atoms with van der Waals surface area (Å²) in [6.45, 7) is 2.48. The van der Waals surface area contributed by atoms with Gasteiger partial charge in [-0.15, -0.1) is 0 Å². The highest BCUT2D eigenvalue weighted by Crippen LogP contribution is 2.01. The summed E-state index contributed by atoms with van der Waals surface area (Å²) in [7, 11) is 0. The van der Waals surface area contributed by atoms with Crippen LogP contribution in [0.15, 0.2) is 0 Å². The molecule has 0 saturated carbocycles. The molecule has 0 aromatic heterocycles. The van der Waals surface area contributed by atoms with E-state index in [1.54, 1.807) is 0 Å². The quantitative estimate of drug-likeness (QED) is 0.103. The second-order valence-corrected chi connectivity index (χ2v) is 6.47. The summed E-state index contributed by atoms with van der Waals surface area (Å²) in [6.07, 6.45) is 2.36. The number of nitrogens with two attached hydrogens (primary N) is 2. The molecule has 0 aliphatic carbocycles. The molecular weight excluding hydrogens is 368 g/mol. The van der Waals surface area contributed by atoms with Crippen LogP contribution in [-0.2, 0) is 19.2 Å². The van der Waals surface area contributed by atoms with Gasteiger partial charge in [-0.2, -0.15) is 0 Å². The molecular formula is C17H34N6O5. The van der Waals surface area contributed by atoms with Gasteiger partial charge in [-0.1, -0.05) is 0 Å². The topological polar surface area (TPSA) is 189 Å². The first-order chi connectivity index (χ1) is 13.3. The average Bonchev–Trinajstić information content (AvgIpc) is 2.67. The molecule has 11 nitrogen and oxygen atoms in total. The van der Waals surface area contributed by atoms with Crippen molar-refractivity contribution in [3.63, 3.8) is 0 Å². The molecule has 0 aromatic rings. The zero-order chi connectivity index (χ0) is 21.4. The molecule has 11 heteroatoms. The van der Waals surface area contributed by atoms with Crippen LogP contribution in [0, 0.1) is 0 Å². The first kappa shape index (κ1) is 25.9. The van der Waals surface area contributed by atoms with Gasteiger partial charge in [0.05, 0.1) is 25.2 Å². The largest absolute Gasteiger partial charge is 0.392 e. The Morgan fingerprint density at radius 2 is 1.79 bits per heavy atom. The van der Waals surface area contributed by atoms with E-state index in [0.29, 0.717) is 45.2 Å². The van der Waals surface area contributed by atoms with Crippen molar-refractivity contribution in [1.82, 2.24) is 21.3 Å². The summed E-state index contributed by atoms with van der Waals surface area (Å²) >= 11 is 0. The number of aliphatic hydroxyl groups is 1. The smallest absolute Gasteiger partial charge is 0.243 e. The van der Waals surface area contributed by atoms with Crippen LogP contribution in [0.25, 0.3) is 0 Å². The van der Waals surface area contributed by atoms with Crippen LogP contribution < -0.4 is 32.7 Å². The molecule has 3 atom stereocenters. The highest BCUT2D eigenvalue weighted by molar-refractivity contribution is 5.91. The van der Waals surface area contributed by atoms with Gasteiger partial charge in [0.15, 0.2) is 0 Å². The zero-order valence-electron chi connectivity index (χ0n) is 16.4. The van der Waals surface area contributed by atoms with Crippen LogP contribution in [0.4, 0.5) is 0 Å². The maximum Gasteiger partial charge on any atom is 0.243 e. The second-order valence-electron chi connectivity index (χ2n) is 6.47. The molecule has 0 radical (unpaired) electrons. The van der Waals surface area contributed by atoms with Crippen molar-refractivity contribution in [1.29, 1.82) is 0 Å². The Bertz CT molecular complexity index is 491. The first-order valence-corrected chi connectivity index (χ1v) is 9.44. The van der Waals surface area contributed by atoms with E-state index in [9.17, 15) is 24.3 Å². The average molecular weight is 402 g/mol. The van der Waals surface area contributed by atoms with E-state index in [4.69, 9.17) is 11.5 Å². The molecule has 0 aliphatic heterocycles. The summed E-state index contributed by atoms with van der Waals surface area (Å²) in [5.74, 6) is -1.47. The molecule has 0 rings (SSSR count). The molecule has 3 amide bonds. The van der Waals surface area contributed by atoms with Gasteiger partial charge in [-0.05, 0) is 45.7 Å². The summed E-state index contributed by atoms with van der Waals surface area (Å²) in [5, 5.41) is 20.0. The number of nitrogens with one attached hydrogen (secondary N) is 4. The van der Waals surface area contributed by atoms with Crippen molar-refractivity contribution in [2.75, 3.05) is 32.7 Å². The number of rotatable bonds is 16. The molecule has 0 aromatic carbocycles. The third kappa shape index (κ3) is 13.1. The lowest BCUT2D eigenvalue weighted by molar-refractivity contribution is -0.130. The minimum absolute atomic E-state index is 0.248. The maximum absolute atomic E-state index is 12.3. The molecule has 28 heavy (non-hydrogen) atoms. The molecule has 0 saturated heterocycles. The van der Waals surface area contributed by atoms with Crippen molar-refractivity contribution in [2.24, 2.45) is 11.5 Å². The highest BCUT2D eigenvalue weighted by Gasteiger charge is 2.20. The lowest BCUT2D eigenvalue weighted by Gasteiger charge is -2.18. The minimum atomic E-state index is -0.810. The predicted molar refractivity (Wildman–Crippen MR) is 104 cm³/mol. The van der Waals surface area contributed by atoms with E-state index in [0.717, 1.165) is 6.42 Å². The summed E-state index contributed by atoms with van der Waals surface area (Å²) in [4.78, 5) is 45.9. The van der Waals surface area contributed by atoms with Crippen molar-refractivity contribution in [3.8, 4) is 0 Å². The zero-order valence-corrected chi connectivity index (χ0v) is 16.4. The number of aldehydes is 1. The van der Waals surface area contributed by atoms with Crippen LogP contribution >= 0.6 is 0 Å². The summed E-state index contributed by atoms with van der Waals surface area (Å²) in [6, 6.07) is -1.46. The second kappa shape index (κ2) is 15.9. The molecule has 0 unspecified atom stereocenters. The van der Waals surface area contributed by atoms with Crippen molar-refractivity contribution < 1.29 is 24.3 Å². The van der Waals surface area contributed by atoms with Crippen molar-refractivity contribution in [3.05, 3.63) is 0 Å². The Labute approximate surface area is 165 Å². The summed E-state index contributed by atoms with van der Waals surface area (Å²) in [5.41, 5.74) is 10.6. The number of amides is 3. The van der Waals surface area contributed by atoms with Crippen LogP contribution in [0.3, 0.4) is 0 Å². The van der Waals surface area contributed by atoms with Crippen molar-refractivity contribution >= 4 is 24.0 Å². The number of unbranched alkanes of at least 4 members (excludes halogenated alkanes) is 1. The highest BCUT2D eigenvalue weighted by atomic mass is 16.3. The van der Waals surface area contributed by atoms with E-state index in [1.807, 2.05) is 0 Å². The monoisotopic (exact) mass is 402 g/mol. The molecule has 0 spiro atoms. The lowest BCUT2D eigenvalue weighted by atomic mass is 10.1. The third-order valence-corrected chi connectivity index (χ3v) is 3.83. The van der Waals surface area contributed by atoms with Gasteiger partial charge in [0.2, 0.25) is 17.7 Å². The van der Waals surface area contributed by atoms with E-state index < -0.39 is 35.9 Å². The third-order valence-electron chi connectivity index (χ3n) is 3.83. The van der Waals surface area contributed by atoms with E-state index in [2.05, 4.69) is 21.3 Å². The normalized spacial score (nSPS) is 13.9. The van der Waals surface area contributed by atoms with Gasteiger partial charge < -0.3 is 42.6 Å². The lowest BCUT2D eigenvalue weighted by Crippen LogP contribution is -2.50. The van der Waals surface area contributed by atoms with Gasteiger partial charge in [0.25, 0.3) is 0 Å². The van der Waals surface area contributed by atoms with Gasteiger partial charge in [0.1, 0.15) is 12.3 Å². The Morgan fingerprint density at radius 3 is 2.39 bits per heavy atom. The van der Waals surface area contributed by atoms with Crippen LogP contribution in [0.2, 0.25) is 0 Å². The van der Waals surface area contributed by atoms with Gasteiger partial charge >= 0.3 is 0 Å². The Kier molecular flexibility index (Phi) is 14.7. The molecule has 162 valence electrons. The number of hydrogen-bond acceptors (Lipinski definition) is 8. The van der Waals surface area contributed by atoms with Gasteiger partial charge in [-0.25, -0.2) is 0 Å². The van der Waals surface area contributed by atoms with Gasteiger partial charge in [0, 0.05) is 6.54 Å². The molecule has 0 bridgehead atoms. The first-order valence-electron chi connectivity index (χ1n) is 9.44.